The van der Waals surface area contributed by atoms with Crippen molar-refractivity contribution in [2.45, 2.75) is 6.18 Å². The van der Waals surface area contributed by atoms with Crippen molar-refractivity contribution in [3.8, 4) is 5.75 Å². The molecule has 0 aliphatic rings. The van der Waals surface area contributed by atoms with E-state index >= 15 is 0 Å². The van der Waals surface area contributed by atoms with E-state index in [1.165, 1.54) is 0 Å². The number of alkyl halides is 3. The van der Waals surface area contributed by atoms with Crippen molar-refractivity contribution in [1.29, 1.82) is 0 Å². The molecule has 1 N–H and O–H groups in total. The molecular weight excluding hydrogens is 384 g/mol. The van der Waals surface area contributed by atoms with Gasteiger partial charge in [0.05, 0.1) is 16.2 Å². The van der Waals surface area contributed by atoms with E-state index in [2.05, 4.69) is 0 Å². The molecule has 0 saturated carbocycles. The Morgan fingerprint density at radius 2 is 1.92 bits per heavy atom. The Morgan fingerprint density at radius 1 is 1.23 bits per heavy atom. The predicted octanol–water partition coefficient (Wildman–Crippen LogP) is 4.42. The van der Waals surface area contributed by atoms with Gasteiger partial charge in [-0.15, -0.1) is 0 Å². The third-order valence-corrected chi connectivity index (χ3v) is 3.27. The minimum atomic E-state index is -4.77. The smallest absolute Gasteiger partial charge is 0.418 e. The summed E-state index contributed by atoms with van der Waals surface area (Å²) < 4.78 is 56.9. The zero-order valence-electron chi connectivity index (χ0n) is 12.6. The van der Waals surface area contributed by atoms with Crippen LogP contribution in [-0.2, 0) is 11.0 Å². The minimum Gasteiger partial charge on any atom is -0.477 e. The van der Waals surface area contributed by atoms with Crippen molar-refractivity contribution in [2.24, 2.45) is 0 Å². The second kappa shape index (κ2) is 7.56. The van der Waals surface area contributed by atoms with E-state index in [1.54, 1.807) is 0 Å². The van der Waals surface area contributed by atoms with Gasteiger partial charge in [0.2, 0.25) is 5.75 Å². The number of amides is 1. The first-order valence-electron chi connectivity index (χ1n) is 6.81. The molecule has 2 aromatic rings. The van der Waals surface area contributed by atoms with Gasteiger partial charge in [-0.25, -0.2) is 4.39 Å². The zero-order chi connectivity index (χ0) is 19.5. The Labute approximate surface area is 148 Å². The Balaban J connectivity index is 2.14. The topological polar surface area (TPSA) is 81.5 Å². The van der Waals surface area contributed by atoms with Crippen molar-refractivity contribution in [1.82, 2.24) is 0 Å². The highest BCUT2D eigenvalue weighted by Gasteiger charge is 2.34. The molecule has 0 unspecified atom stereocenters. The minimum absolute atomic E-state index is 0.179. The van der Waals surface area contributed by atoms with Crippen molar-refractivity contribution in [2.75, 3.05) is 11.9 Å². The quantitative estimate of drug-likeness (QED) is 0.464. The van der Waals surface area contributed by atoms with E-state index in [-0.39, 0.29) is 5.02 Å². The van der Waals surface area contributed by atoms with Gasteiger partial charge in [0.25, 0.3) is 5.91 Å². The van der Waals surface area contributed by atoms with E-state index in [0.717, 1.165) is 24.3 Å². The molecule has 6 nitrogen and oxygen atoms in total. The average Bonchev–Trinajstić information content (AvgIpc) is 2.53. The van der Waals surface area contributed by atoms with Crippen LogP contribution >= 0.6 is 11.6 Å². The lowest BCUT2D eigenvalue weighted by molar-refractivity contribution is -0.385. The van der Waals surface area contributed by atoms with E-state index < -0.39 is 52.1 Å². The van der Waals surface area contributed by atoms with Crippen LogP contribution in [0.15, 0.2) is 36.4 Å². The Morgan fingerprint density at radius 3 is 2.54 bits per heavy atom. The van der Waals surface area contributed by atoms with Crippen LogP contribution in [0.5, 0.6) is 5.75 Å². The van der Waals surface area contributed by atoms with Crippen LogP contribution in [0.4, 0.5) is 28.9 Å². The fourth-order valence-corrected chi connectivity index (χ4v) is 2.12. The number of anilines is 1. The van der Waals surface area contributed by atoms with Crippen LogP contribution in [0.25, 0.3) is 0 Å². The molecule has 2 rings (SSSR count). The summed E-state index contributed by atoms with van der Waals surface area (Å²) in [6.45, 7) is -0.871. The van der Waals surface area contributed by atoms with Gasteiger partial charge in [0.15, 0.2) is 6.61 Å². The molecule has 0 fully saturated rings. The molecule has 0 radical (unpaired) electrons. The Hall–Kier alpha value is -2.88. The molecule has 0 aliphatic heterocycles. The third kappa shape index (κ3) is 4.82. The zero-order valence-corrected chi connectivity index (χ0v) is 13.4. The number of nitrogens with zero attached hydrogens (tertiary/aromatic N) is 1. The van der Waals surface area contributed by atoms with Gasteiger partial charge in [0.1, 0.15) is 5.82 Å². The molecule has 0 aromatic heterocycles. The first-order valence-corrected chi connectivity index (χ1v) is 7.19. The molecule has 138 valence electrons. The number of carbonyl (C=O) groups is 1. The maximum absolute atomic E-state index is 13.2. The number of benzene rings is 2. The number of carbonyl (C=O) groups excluding carboxylic acids is 1. The van der Waals surface area contributed by atoms with Crippen LogP contribution in [-0.4, -0.2) is 17.4 Å². The normalized spacial score (nSPS) is 11.1. The molecule has 0 heterocycles. The monoisotopic (exact) mass is 392 g/mol. The van der Waals surface area contributed by atoms with Gasteiger partial charge in [-0.1, -0.05) is 11.6 Å². The van der Waals surface area contributed by atoms with Gasteiger partial charge >= 0.3 is 11.9 Å². The molecule has 2 aromatic carbocycles. The summed E-state index contributed by atoms with van der Waals surface area (Å²) in [5.74, 6) is -2.41. The number of nitro benzene ring substituents is 1. The Kier molecular flexibility index (Phi) is 5.66. The van der Waals surface area contributed by atoms with Crippen molar-refractivity contribution < 1.29 is 32.0 Å². The number of nitrogens with one attached hydrogen (secondary N) is 1. The second-order valence-electron chi connectivity index (χ2n) is 4.89. The molecule has 0 saturated heterocycles. The van der Waals surface area contributed by atoms with Crippen LogP contribution in [0, 0.1) is 15.9 Å². The van der Waals surface area contributed by atoms with Crippen LogP contribution < -0.4 is 10.1 Å². The van der Waals surface area contributed by atoms with Crippen molar-refractivity contribution in [3.05, 3.63) is 62.9 Å². The summed E-state index contributed by atoms with van der Waals surface area (Å²) in [5.41, 5.74) is -2.33. The number of hydrogen-bond donors (Lipinski definition) is 1. The highest BCUT2D eigenvalue weighted by molar-refractivity contribution is 6.30. The van der Waals surface area contributed by atoms with E-state index in [4.69, 9.17) is 16.3 Å². The fraction of sp³-hybridized carbons (Fsp3) is 0.133. The average molecular weight is 393 g/mol. The highest BCUT2D eigenvalue weighted by atomic mass is 35.5. The molecule has 26 heavy (non-hydrogen) atoms. The largest absolute Gasteiger partial charge is 0.477 e. The molecule has 11 heteroatoms. The molecule has 0 aliphatic carbocycles. The van der Waals surface area contributed by atoms with Crippen molar-refractivity contribution >= 4 is 28.9 Å². The van der Waals surface area contributed by atoms with Gasteiger partial charge in [-0.3, -0.25) is 14.9 Å². The summed E-state index contributed by atoms with van der Waals surface area (Å²) in [7, 11) is 0. The lowest BCUT2D eigenvalue weighted by Gasteiger charge is -2.14. The first kappa shape index (κ1) is 19.4. The predicted molar refractivity (Wildman–Crippen MR) is 83.6 cm³/mol. The summed E-state index contributed by atoms with van der Waals surface area (Å²) in [4.78, 5) is 21.8. The van der Waals surface area contributed by atoms with Gasteiger partial charge < -0.3 is 10.1 Å². The number of nitro groups is 1. The number of rotatable bonds is 5. The number of hydrogen-bond acceptors (Lipinski definition) is 4. The summed E-state index contributed by atoms with van der Waals surface area (Å²) in [6, 6.07) is 5.08. The van der Waals surface area contributed by atoms with Gasteiger partial charge in [0, 0.05) is 17.2 Å². The molecule has 1 amide bonds. The fourth-order valence-electron chi connectivity index (χ4n) is 1.94. The lowest BCUT2D eigenvalue weighted by atomic mass is 10.1. The SMILES string of the molecule is O=C(COc1cc(F)ccc1[N+](=O)[O-])Nc1ccc(Cl)cc1C(F)(F)F. The Bertz CT molecular complexity index is 858. The maximum atomic E-state index is 13.2. The molecular formula is C15H9ClF4N2O4. The maximum Gasteiger partial charge on any atom is 0.418 e. The lowest BCUT2D eigenvalue weighted by Crippen LogP contribution is -2.22. The standard InChI is InChI=1S/C15H9ClF4N2O4/c16-8-1-3-11(10(5-8)15(18,19)20)21-14(23)7-26-13-6-9(17)2-4-12(13)22(24)25/h1-6H,7H2,(H,21,23). The first-order chi connectivity index (χ1) is 12.1. The van der Waals surface area contributed by atoms with E-state index in [0.29, 0.717) is 12.1 Å². The van der Waals surface area contributed by atoms with Crippen LogP contribution in [0.1, 0.15) is 5.56 Å². The molecule has 0 spiro atoms. The van der Waals surface area contributed by atoms with E-state index in [1.807, 2.05) is 5.32 Å². The van der Waals surface area contributed by atoms with Gasteiger partial charge in [-0.05, 0) is 24.3 Å². The summed E-state index contributed by atoms with van der Waals surface area (Å²) in [6.07, 6.45) is -4.77. The van der Waals surface area contributed by atoms with Gasteiger partial charge in [-0.2, -0.15) is 13.2 Å². The summed E-state index contributed by atoms with van der Waals surface area (Å²) in [5, 5.41) is 12.6. The second-order valence-corrected chi connectivity index (χ2v) is 5.33. The van der Waals surface area contributed by atoms with Crippen LogP contribution in [0.2, 0.25) is 5.02 Å². The highest BCUT2D eigenvalue weighted by Crippen LogP contribution is 2.36. The number of ether oxygens (including phenoxy) is 1. The summed E-state index contributed by atoms with van der Waals surface area (Å²) >= 11 is 5.53. The molecule has 0 bridgehead atoms. The van der Waals surface area contributed by atoms with Crippen LogP contribution in [0.3, 0.4) is 0 Å². The van der Waals surface area contributed by atoms with E-state index in [9.17, 15) is 32.5 Å². The molecule has 0 atom stereocenters. The number of halogens is 5. The van der Waals surface area contributed by atoms with Crippen molar-refractivity contribution in [3.63, 3.8) is 0 Å². The third-order valence-electron chi connectivity index (χ3n) is 3.04.